The zero-order chi connectivity index (χ0) is 25.1. The van der Waals surface area contributed by atoms with Crippen molar-refractivity contribution in [2.24, 2.45) is 0 Å². The summed E-state index contributed by atoms with van der Waals surface area (Å²) in [6.45, 7) is 2.13. The van der Waals surface area contributed by atoms with Crippen LogP contribution < -0.4 is 15.0 Å². The van der Waals surface area contributed by atoms with Gasteiger partial charge in [0, 0.05) is 37.2 Å². The topological polar surface area (TPSA) is 88.1 Å². The van der Waals surface area contributed by atoms with Crippen molar-refractivity contribution < 1.29 is 24.2 Å². The van der Waals surface area contributed by atoms with Crippen LogP contribution in [0.15, 0.2) is 66.7 Å². The van der Waals surface area contributed by atoms with Crippen LogP contribution in [0.1, 0.15) is 35.4 Å². The number of alkyl carbamates (subject to hydrolysis) is 1. The predicted molar refractivity (Wildman–Crippen MR) is 138 cm³/mol. The molecule has 3 aromatic carbocycles. The maximum Gasteiger partial charge on any atom is 0.407 e. The van der Waals surface area contributed by atoms with Crippen molar-refractivity contribution >= 4 is 17.7 Å². The lowest BCUT2D eigenvalue weighted by molar-refractivity contribution is -0.139. The van der Waals surface area contributed by atoms with Crippen molar-refractivity contribution in [3.63, 3.8) is 0 Å². The smallest absolute Gasteiger partial charge is 0.407 e. The van der Waals surface area contributed by atoms with Gasteiger partial charge in [0.2, 0.25) is 0 Å². The van der Waals surface area contributed by atoms with E-state index in [0.29, 0.717) is 11.3 Å². The summed E-state index contributed by atoms with van der Waals surface area (Å²) in [6, 6.07) is 20.8. The first-order valence-corrected chi connectivity index (χ1v) is 12.3. The summed E-state index contributed by atoms with van der Waals surface area (Å²) < 4.78 is 11.1. The highest BCUT2D eigenvalue weighted by Gasteiger charge is 2.30. The van der Waals surface area contributed by atoms with Gasteiger partial charge in [0.15, 0.2) is 0 Å². The van der Waals surface area contributed by atoms with E-state index in [9.17, 15) is 14.7 Å². The first-order chi connectivity index (χ1) is 17.5. The summed E-state index contributed by atoms with van der Waals surface area (Å²) in [4.78, 5) is 26.9. The number of rotatable bonds is 8. The minimum Gasteiger partial charge on any atom is -0.496 e. The Morgan fingerprint density at radius 1 is 1.00 bits per heavy atom. The molecule has 0 saturated carbocycles. The molecular weight excluding hydrogens is 456 g/mol. The highest BCUT2D eigenvalue weighted by molar-refractivity contribution is 5.81. The van der Waals surface area contributed by atoms with Crippen LogP contribution in [0.5, 0.6) is 5.75 Å². The van der Waals surface area contributed by atoms with Crippen LogP contribution >= 0.6 is 0 Å². The van der Waals surface area contributed by atoms with E-state index in [1.165, 1.54) is 0 Å². The fraction of sp³-hybridized carbons (Fsp3) is 0.310. The molecule has 1 fully saturated rings. The van der Waals surface area contributed by atoms with Crippen LogP contribution in [0.25, 0.3) is 11.1 Å². The van der Waals surface area contributed by atoms with Gasteiger partial charge in [0.25, 0.3) is 0 Å². The van der Waals surface area contributed by atoms with Crippen molar-refractivity contribution in [2.75, 3.05) is 31.7 Å². The molecule has 2 aliphatic rings. The number of anilines is 1. The average Bonchev–Trinajstić information content (AvgIpc) is 3.54. The molecule has 0 aromatic heterocycles. The van der Waals surface area contributed by atoms with Crippen LogP contribution in [0.2, 0.25) is 0 Å². The van der Waals surface area contributed by atoms with Gasteiger partial charge in [-0.2, -0.15) is 0 Å². The van der Waals surface area contributed by atoms with Gasteiger partial charge in [-0.05, 0) is 46.7 Å². The van der Waals surface area contributed by atoms with E-state index in [1.54, 1.807) is 7.11 Å². The maximum absolute atomic E-state index is 12.7. The Bertz CT molecular complexity index is 1220. The molecule has 0 radical (unpaired) electrons. The number of carbonyl (C=O) groups is 2. The first-order valence-electron chi connectivity index (χ1n) is 12.3. The SMILES string of the molecule is COc1cc(N2CCCC2)ccc1CC(NC(=O)OCC1c2ccccc2-c2ccccc21)C(=O)O. The van der Waals surface area contributed by atoms with Gasteiger partial charge >= 0.3 is 12.1 Å². The van der Waals surface area contributed by atoms with Crippen molar-refractivity contribution in [3.05, 3.63) is 83.4 Å². The van der Waals surface area contributed by atoms with Crippen LogP contribution in [0, 0.1) is 0 Å². The molecule has 36 heavy (non-hydrogen) atoms. The number of carboxylic acid groups (broad SMARTS) is 1. The number of hydrogen-bond acceptors (Lipinski definition) is 5. The van der Waals surface area contributed by atoms with Gasteiger partial charge in [0.05, 0.1) is 7.11 Å². The summed E-state index contributed by atoms with van der Waals surface area (Å²) >= 11 is 0. The van der Waals surface area contributed by atoms with E-state index in [2.05, 4.69) is 22.3 Å². The van der Waals surface area contributed by atoms with Crippen LogP contribution in [-0.2, 0) is 16.0 Å². The largest absolute Gasteiger partial charge is 0.496 e. The second-order valence-electron chi connectivity index (χ2n) is 9.26. The number of carboxylic acids is 1. The molecule has 7 nitrogen and oxygen atoms in total. The molecule has 5 rings (SSSR count). The Labute approximate surface area is 210 Å². The molecule has 1 unspecified atom stereocenters. The number of aliphatic carboxylic acids is 1. The number of carbonyl (C=O) groups excluding carboxylic acids is 1. The third-order valence-electron chi connectivity index (χ3n) is 7.10. The third-order valence-corrected chi connectivity index (χ3v) is 7.10. The summed E-state index contributed by atoms with van der Waals surface area (Å²) in [7, 11) is 1.57. The number of ether oxygens (including phenoxy) is 2. The van der Waals surface area contributed by atoms with Crippen molar-refractivity contribution in [3.8, 4) is 16.9 Å². The molecule has 3 aromatic rings. The number of methoxy groups -OCH3 is 1. The highest BCUT2D eigenvalue weighted by atomic mass is 16.5. The summed E-state index contributed by atoms with van der Waals surface area (Å²) in [5.41, 5.74) is 6.24. The van der Waals surface area contributed by atoms with Crippen molar-refractivity contribution in [1.82, 2.24) is 5.32 Å². The number of nitrogens with zero attached hydrogens (tertiary/aromatic N) is 1. The molecular formula is C29H30N2O5. The van der Waals surface area contributed by atoms with Crippen molar-refractivity contribution in [2.45, 2.75) is 31.2 Å². The molecule has 0 spiro atoms. The van der Waals surface area contributed by atoms with Crippen molar-refractivity contribution in [1.29, 1.82) is 0 Å². The quantitative estimate of drug-likeness (QED) is 0.474. The molecule has 0 bridgehead atoms. The summed E-state index contributed by atoms with van der Waals surface area (Å²) in [5, 5.41) is 12.3. The number of nitrogens with one attached hydrogen (secondary N) is 1. The molecule has 7 heteroatoms. The van der Waals surface area contributed by atoms with E-state index < -0.39 is 18.1 Å². The summed E-state index contributed by atoms with van der Waals surface area (Å²) in [5.74, 6) is -0.612. The zero-order valence-corrected chi connectivity index (χ0v) is 20.3. The van der Waals surface area contributed by atoms with E-state index in [1.807, 2.05) is 54.6 Å². The number of fused-ring (bicyclic) bond motifs is 3. The van der Waals surface area contributed by atoms with Gasteiger partial charge in [0.1, 0.15) is 18.4 Å². The van der Waals surface area contributed by atoms with Crippen LogP contribution in [0.4, 0.5) is 10.5 Å². The molecule has 1 amide bonds. The monoisotopic (exact) mass is 486 g/mol. The summed E-state index contributed by atoms with van der Waals surface area (Å²) in [6.07, 6.45) is 1.66. The van der Waals surface area contributed by atoms with E-state index >= 15 is 0 Å². The molecule has 1 aliphatic heterocycles. The Balaban J connectivity index is 1.25. The van der Waals surface area contributed by atoms with Crippen LogP contribution in [-0.4, -0.2) is 50.0 Å². The normalized spacial score (nSPS) is 15.2. The fourth-order valence-corrected chi connectivity index (χ4v) is 5.28. The van der Waals surface area contributed by atoms with E-state index in [-0.39, 0.29) is 18.9 Å². The number of benzene rings is 3. The average molecular weight is 487 g/mol. The predicted octanol–water partition coefficient (Wildman–Crippen LogP) is 4.83. The Kier molecular flexibility index (Phi) is 6.80. The lowest BCUT2D eigenvalue weighted by Gasteiger charge is -2.21. The second-order valence-corrected chi connectivity index (χ2v) is 9.26. The molecule has 1 atom stereocenters. The Morgan fingerprint density at radius 3 is 2.25 bits per heavy atom. The van der Waals surface area contributed by atoms with Gasteiger partial charge in [-0.25, -0.2) is 9.59 Å². The maximum atomic E-state index is 12.7. The standard InChI is InChI=1S/C29H30N2O5/c1-35-27-17-20(31-14-6-7-15-31)13-12-19(27)16-26(28(32)33)30-29(34)36-18-25-23-10-4-2-8-21(23)22-9-3-5-11-24(22)25/h2-5,8-13,17,25-26H,6-7,14-16,18H2,1H3,(H,30,34)(H,32,33). The first kappa shape index (κ1) is 23.7. The lowest BCUT2D eigenvalue weighted by Crippen LogP contribution is -2.43. The van der Waals surface area contributed by atoms with E-state index in [0.717, 1.165) is 53.9 Å². The van der Waals surface area contributed by atoms with Gasteiger partial charge < -0.3 is 24.8 Å². The number of amides is 1. The minimum atomic E-state index is -1.15. The molecule has 2 N–H and O–H groups in total. The molecule has 1 saturated heterocycles. The Morgan fingerprint density at radius 2 is 1.64 bits per heavy atom. The van der Waals surface area contributed by atoms with Crippen LogP contribution in [0.3, 0.4) is 0 Å². The Hall–Kier alpha value is -4.00. The second kappa shape index (κ2) is 10.3. The van der Waals surface area contributed by atoms with Gasteiger partial charge in [-0.1, -0.05) is 54.6 Å². The molecule has 1 heterocycles. The van der Waals surface area contributed by atoms with Gasteiger partial charge in [-0.3, -0.25) is 0 Å². The fourth-order valence-electron chi connectivity index (χ4n) is 5.28. The highest BCUT2D eigenvalue weighted by Crippen LogP contribution is 2.44. The molecule has 186 valence electrons. The molecule has 1 aliphatic carbocycles. The minimum absolute atomic E-state index is 0.0863. The third kappa shape index (κ3) is 4.73. The zero-order valence-electron chi connectivity index (χ0n) is 20.3. The number of hydrogen-bond donors (Lipinski definition) is 2. The van der Waals surface area contributed by atoms with Gasteiger partial charge in [-0.15, -0.1) is 0 Å². The lowest BCUT2D eigenvalue weighted by atomic mass is 9.98. The van der Waals surface area contributed by atoms with E-state index in [4.69, 9.17) is 9.47 Å².